The van der Waals surface area contributed by atoms with Gasteiger partial charge in [-0.05, 0) is 0 Å². The monoisotopic (exact) mass is 147 g/mol. The molecule has 5 heteroatoms. The molecule has 1 heterocycles. The van der Waals surface area contributed by atoms with Crippen molar-refractivity contribution in [2.24, 2.45) is 0 Å². The summed E-state index contributed by atoms with van der Waals surface area (Å²) in [6.45, 7) is 0. The van der Waals surface area contributed by atoms with E-state index in [0.29, 0.717) is 0 Å². The first-order chi connectivity index (χ1) is 4.72. The highest BCUT2D eigenvalue weighted by atomic mass is 19.3. The first-order valence-electron chi connectivity index (χ1n) is 2.43. The maximum atomic E-state index is 11.6. The molecule has 1 rings (SSSR count). The van der Waals surface area contributed by atoms with Crippen LogP contribution in [0.25, 0.3) is 0 Å². The van der Waals surface area contributed by atoms with Crippen LogP contribution in [0.5, 0.6) is 0 Å². The van der Waals surface area contributed by atoms with Crippen molar-refractivity contribution < 1.29 is 18.1 Å². The van der Waals surface area contributed by atoms with Gasteiger partial charge in [-0.2, -0.15) is 0 Å². The van der Waals surface area contributed by atoms with Crippen molar-refractivity contribution in [3.63, 3.8) is 0 Å². The van der Waals surface area contributed by atoms with Gasteiger partial charge in [0.05, 0.1) is 11.8 Å². The molecule has 1 aromatic heterocycles. The van der Waals surface area contributed by atoms with E-state index < -0.39 is 12.2 Å². The van der Waals surface area contributed by atoms with Gasteiger partial charge in [0, 0.05) is 0 Å². The molecule has 1 aromatic rings. The van der Waals surface area contributed by atoms with Crippen molar-refractivity contribution in [1.82, 2.24) is 5.16 Å². The van der Waals surface area contributed by atoms with Crippen LogP contribution in [-0.2, 0) is 0 Å². The zero-order valence-corrected chi connectivity index (χ0v) is 4.75. The van der Waals surface area contributed by atoms with Crippen LogP contribution in [0, 0.1) is 0 Å². The molecule has 0 bridgehead atoms. The molecule has 0 spiro atoms. The summed E-state index contributed by atoms with van der Waals surface area (Å²) >= 11 is 0. The number of halogens is 2. The minimum Gasteiger partial charge on any atom is -0.364 e. The van der Waals surface area contributed by atoms with Gasteiger partial charge < -0.3 is 4.52 Å². The maximum Gasteiger partial charge on any atom is 0.300 e. The SMILES string of the molecule is O=C(c1cnoc1)C(F)F. The van der Waals surface area contributed by atoms with E-state index in [1.54, 1.807) is 0 Å². The second kappa shape index (κ2) is 2.55. The van der Waals surface area contributed by atoms with Crippen LogP contribution in [-0.4, -0.2) is 17.4 Å². The Morgan fingerprint density at radius 2 is 2.40 bits per heavy atom. The second-order valence-electron chi connectivity index (χ2n) is 1.58. The summed E-state index contributed by atoms with van der Waals surface area (Å²) in [5, 5.41) is 3.10. The third-order valence-electron chi connectivity index (χ3n) is 0.915. The zero-order valence-electron chi connectivity index (χ0n) is 4.75. The van der Waals surface area contributed by atoms with Crippen LogP contribution < -0.4 is 0 Å². The average Bonchev–Trinajstić information content (AvgIpc) is 2.36. The molecule has 0 aromatic carbocycles. The zero-order chi connectivity index (χ0) is 7.56. The largest absolute Gasteiger partial charge is 0.364 e. The minimum absolute atomic E-state index is 0.199. The maximum absolute atomic E-state index is 11.6. The van der Waals surface area contributed by atoms with Crippen molar-refractivity contribution in [3.05, 3.63) is 18.0 Å². The quantitative estimate of drug-likeness (QED) is 0.588. The van der Waals surface area contributed by atoms with Crippen LogP contribution in [0.2, 0.25) is 0 Å². The van der Waals surface area contributed by atoms with Crippen molar-refractivity contribution >= 4 is 5.78 Å². The molecule has 10 heavy (non-hydrogen) atoms. The van der Waals surface area contributed by atoms with Crippen molar-refractivity contribution in [1.29, 1.82) is 0 Å². The van der Waals surface area contributed by atoms with Crippen LogP contribution in [0.3, 0.4) is 0 Å². The first kappa shape index (κ1) is 6.85. The average molecular weight is 147 g/mol. The third kappa shape index (κ3) is 1.18. The number of hydrogen-bond donors (Lipinski definition) is 0. The fourth-order valence-corrected chi connectivity index (χ4v) is 0.453. The van der Waals surface area contributed by atoms with Crippen molar-refractivity contribution in [2.45, 2.75) is 6.43 Å². The molecule has 0 amide bonds. The molecule has 0 radical (unpaired) electrons. The number of carbonyl (C=O) groups is 1. The fourth-order valence-electron chi connectivity index (χ4n) is 0.453. The van der Waals surface area contributed by atoms with Crippen LogP contribution in [0.1, 0.15) is 10.4 Å². The Hall–Kier alpha value is -1.26. The molecule has 54 valence electrons. The minimum atomic E-state index is -2.99. The van der Waals surface area contributed by atoms with E-state index in [2.05, 4.69) is 9.68 Å². The molecular formula is C5H3F2NO2. The lowest BCUT2D eigenvalue weighted by Crippen LogP contribution is -2.08. The number of Topliss-reactive ketones (excluding diaryl/α,β-unsaturated/α-hetero) is 1. The number of alkyl halides is 2. The Kier molecular flexibility index (Phi) is 1.75. The summed E-state index contributed by atoms with van der Waals surface area (Å²) in [7, 11) is 0. The molecule has 0 unspecified atom stereocenters. The van der Waals surface area contributed by atoms with E-state index in [-0.39, 0.29) is 5.56 Å². The van der Waals surface area contributed by atoms with Gasteiger partial charge in [0.15, 0.2) is 0 Å². The lowest BCUT2D eigenvalue weighted by atomic mass is 10.2. The van der Waals surface area contributed by atoms with Gasteiger partial charge in [0.2, 0.25) is 5.78 Å². The van der Waals surface area contributed by atoms with E-state index in [4.69, 9.17) is 0 Å². The Labute approximate surface area is 54.6 Å². The van der Waals surface area contributed by atoms with Crippen molar-refractivity contribution in [2.75, 3.05) is 0 Å². The molecule has 3 nitrogen and oxygen atoms in total. The molecular weight excluding hydrogens is 144 g/mol. The highest BCUT2D eigenvalue weighted by Gasteiger charge is 2.18. The number of rotatable bonds is 2. The first-order valence-corrected chi connectivity index (χ1v) is 2.43. The standard InChI is InChI=1S/C5H3F2NO2/c6-5(7)4(9)3-1-8-10-2-3/h1-2,5H. The summed E-state index contributed by atoms with van der Waals surface area (Å²) < 4.78 is 27.3. The summed E-state index contributed by atoms with van der Waals surface area (Å²) in [4.78, 5) is 10.4. The molecule has 0 aliphatic rings. The van der Waals surface area contributed by atoms with Gasteiger partial charge in [-0.15, -0.1) is 0 Å². The number of aromatic nitrogens is 1. The molecule has 0 aliphatic heterocycles. The van der Waals surface area contributed by atoms with Gasteiger partial charge in [0.1, 0.15) is 6.26 Å². The Balaban J connectivity index is 2.78. The Morgan fingerprint density at radius 3 is 2.80 bits per heavy atom. The van der Waals surface area contributed by atoms with Gasteiger partial charge in [-0.1, -0.05) is 5.16 Å². The highest BCUT2D eigenvalue weighted by Crippen LogP contribution is 2.05. The molecule has 0 saturated carbocycles. The van der Waals surface area contributed by atoms with E-state index in [1.807, 2.05) is 0 Å². The van der Waals surface area contributed by atoms with Crippen LogP contribution in [0.4, 0.5) is 8.78 Å². The van der Waals surface area contributed by atoms with Crippen molar-refractivity contribution in [3.8, 4) is 0 Å². The van der Waals surface area contributed by atoms with Crippen LogP contribution in [0.15, 0.2) is 17.0 Å². The summed E-state index contributed by atoms with van der Waals surface area (Å²) in [5.41, 5.74) is -0.199. The molecule has 0 fully saturated rings. The summed E-state index contributed by atoms with van der Waals surface area (Å²) in [6.07, 6.45) is -1.15. The van der Waals surface area contributed by atoms with E-state index in [9.17, 15) is 13.6 Å². The number of nitrogens with zero attached hydrogens (tertiary/aromatic N) is 1. The lowest BCUT2D eigenvalue weighted by molar-refractivity contribution is 0.0678. The molecule has 0 aliphatic carbocycles. The molecule has 0 N–H and O–H groups in total. The lowest BCUT2D eigenvalue weighted by Gasteiger charge is -1.89. The predicted molar refractivity (Wildman–Crippen MR) is 26.8 cm³/mol. The van der Waals surface area contributed by atoms with Gasteiger partial charge in [0.25, 0.3) is 0 Å². The predicted octanol–water partition coefficient (Wildman–Crippen LogP) is 1.12. The molecule has 0 atom stereocenters. The molecule has 0 saturated heterocycles. The number of hydrogen-bond acceptors (Lipinski definition) is 3. The number of carbonyl (C=O) groups excluding carboxylic acids is 1. The summed E-state index contributed by atoms with van der Waals surface area (Å²) in [6, 6.07) is 0. The van der Waals surface area contributed by atoms with Gasteiger partial charge in [-0.25, -0.2) is 8.78 Å². The second-order valence-corrected chi connectivity index (χ2v) is 1.58. The number of ketones is 1. The van der Waals surface area contributed by atoms with Gasteiger partial charge >= 0.3 is 6.43 Å². The normalized spacial score (nSPS) is 10.3. The van der Waals surface area contributed by atoms with E-state index in [1.165, 1.54) is 0 Å². The summed E-state index contributed by atoms with van der Waals surface area (Å²) in [5.74, 6) is -1.26. The Bertz CT molecular complexity index is 220. The topological polar surface area (TPSA) is 43.1 Å². The van der Waals surface area contributed by atoms with Gasteiger partial charge in [-0.3, -0.25) is 4.79 Å². The smallest absolute Gasteiger partial charge is 0.300 e. The fraction of sp³-hybridized carbons (Fsp3) is 0.200. The van der Waals surface area contributed by atoms with E-state index >= 15 is 0 Å². The van der Waals surface area contributed by atoms with E-state index in [0.717, 1.165) is 12.5 Å². The Morgan fingerprint density at radius 1 is 1.70 bits per heavy atom. The highest BCUT2D eigenvalue weighted by molar-refractivity contribution is 5.97. The third-order valence-corrected chi connectivity index (χ3v) is 0.915. The van der Waals surface area contributed by atoms with Crippen LogP contribution >= 0.6 is 0 Å².